The first-order chi connectivity index (χ1) is 16.0. The predicted molar refractivity (Wildman–Crippen MR) is 129 cm³/mol. The molecule has 8 heteroatoms. The number of halogens is 2. The van der Waals surface area contributed by atoms with Gasteiger partial charge < -0.3 is 14.4 Å². The van der Waals surface area contributed by atoms with E-state index in [9.17, 15) is 4.79 Å². The summed E-state index contributed by atoms with van der Waals surface area (Å²) in [5, 5.41) is 2.10. The zero-order valence-electron chi connectivity index (χ0n) is 18.3. The zero-order valence-corrected chi connectivity index (χ0v) is 19.9. The summed E-state index contributed by atoms with van der Waals surface area (Å²) in [6.07, 6.45) is 3.03. The van der Waals surface area contributed by atoms with E-state index in [-0.39, 0.29) is 18.2 Å². The van der Waals surface area contributed by atoms with E-state index in [0.29, 0.717) is 16.6 Å². The molecule has 5 rings (SSSR count). The quantitative estimate of drug-likeness (QED) is 0.463. The third kappa shape index (κ3) is 4.60. The van der Waals surface area contributed by atoms with Crippen LogP contribution in [0.5, 0.6) is 5.75 Å². The number of nitrogens with zero attached hydrogens (tertiary/aromatic N) is 3. The number of rotatable bonds is 5. The molecule has 0 aliphatic carbocycles. The highest BCUT2D eigenvalue weighted by Crippen LogP contribution is 2.35. The van der Waals surface area contributed by atoms with Gasteiger partial charge in [-0.15, -0.1) is 0 Å². The first kappa shape index (κ1) is 22.3. The Hall–Kier alpha value is -2.54. The molecule has 0 saturated carbocycles. The molecule has 0 N–H and O–H groups in total. The minimum atomic E-state index is -0.315. The second kappa shape index (κ2) is 9.37. The van der Waals surface area contributed by atoms with Crippen LogP contribution in [0.2, 0.25) is 10.0 Å². The zero-order chi connectivity index (χ0) is 22.9. The van der Waals surface area contributed by atoms with Crippen LogP contribution in [0.1, 0.15) is 30.1 Å². The van der Waals surface area contributed by atoms with Crippen molar-refractivity contribution in [2.24, 2.45) is 0 Å². The molecular weight excluding hydrogens is 461 g/mol. The molecule has 1 aromatic heterocycles. The van der Waals surface area contributed by atoms with Gasteiger partial charge in [0.25, 0.3) is 0 Å². The fourth-order valence-corrected chi connectivity index (χ4v) is 5.10. The van der Waals surface area contributed by atoms with Gasteiger partial charge in [-0.2, -0.15) is 0 Å². The Morgan fingerprint density at radius 3 is 2.67 bits per heavy atom. The van der Waals surface area contributed by atoms with E-state index in [1.165, 1.54) is 0 Å². The molecule has 0 spiro atoms. The van der Waals surface area contributed by atoms with Crippen LogP contribution in [-0.2, 0) is 11.3 Å². The van der Waals surface area contributed by atoms with Crippen molar-refractivity contribution in [1.29, 1.82) is 0 Å². The Kier molecular flexibility index (Phi) is 6.32. The van der Waals surface area contributed by atoms with Gasteiger partial charge in [0, 0.05) is 42.8 Å². The molecule has 2 saturated heterocycles. The van der Waals surface area contributed by atoms with E-state index >= 15 is 0 Å². The van der Waals surface area contributed by atoms with Crippen molar-refractivity contribution in [3.63, 3.8) is 0 Å². The van der Waals surface area contributed by atoms with Crippen LogP contribution in [0.3, 0.4) is 0 Å². The number of benzene rings is 2. The van der Waals surface area contributed by atoms with Crippen LogP contribution in [0.4, 0.5) is 4.79 Å². The van der Waals surface area contributed by atoms with Gasteiger partial charge in [-0.1, -0.05) is 29.3 Å². The van der Waals surface area contributed by atoms with Crippen molar-refractivity contribution in [2.45, 2.75) is 31.5 Å². The highest BCUT2D eigenvalue weighted by molar-refractivity contribution is 6.42. The van der Waals surface area contributed by atoms with Crippen LogP contribution < -0.4 is 4.74 Å². The lowest BCUT2D eigenvalue weighted by atomic mass is 10.0. The maximum atomic E-state index is 12.8. The normalized spacial score (nSPS) is 19.8. The molecule has 172 valence electrons. The second-order valence-electron chi connectivity index (χ2n) is 8.56. The molecule has 33 heavy (non-hydrogen) atoms. The summed E-state index contributed by atoms with van der Waals surface area (Å²) in [7, 11) is 1.64. The standard InChI is InChI=1S/C25H25Cl2N3O3/c1-32-18-3-5-23-20(13-18)19(6-9-28-23)24-15-30(25(31)33-24)17-7-10-29(11-8-17)14-16-2-4-21(26)22(27)12-16/h2-6,9,12-13,17,24H,7-8,10-11,14-15H2,1H3. The summed E-state index contributed by atoms with van der Waals surface area (Å²) in [6.45, 7) is 3.19. The summed E-state index contributed by atoms with van der Waals surface area (Å²) in [5.41, 5.74) is 2.97. The summed E-state index contributed by atoms with van der Waals surface area (Å²) in [5.74, 6) is 0.757. The number of aromatic nitrogens is 1. The summed E-state index contributed by atoms with van der Waals surface area (Å²) >= 11 is 12.2. The first-order valence-corrected chi connectivity index (χ1v) is 11.8. The lowest BCUT2D eigenvalue weighted by Gasteiger charge is -2.35. The Labute approximate surface area is 203 Å². The number of hydrogen-bond acceptors (Lipinski definition) is 5. The Balaban J connectivity index is 1.25. The molecule has 2 aliphatic heterocycles. The van der Waals surface area contributed by atoms with Crippen LogP contribution >= 0.6 is 23.2 Å². The summed E-state index contributed by atoms with van der Waals surface area (Å²) < 4.78 is 11.2. The summed E-state index contributed by atoms with van der Waals surface area (Å²) in [4.78, 5) is 21.5. The van der Waals surface area contributed by atoms with Crippen molar-refractivity contribution in [2.75, 3.05) is 26.7 Å². The molecule has 1 atom stereocenters. The number of cyclic esters (lactones) is 1. The fraction of sp³-hybridized carbons (Fsp3) is 0.360. The third-order valence-corrected chi connectivity index (χ3v) is 7.30. The Bertz CT molecular complexity index is 1180. The molecule has 1 amide bonds. The van der Waals surface area contributed by atoms with Crippen LogP contribution in [0.15, 0.2) is 48.7 Å². The first-order valence-electron chi connectivity index (χ1n) is 11.1. The van der Waals surface area contributed by atoms with Gasteiger partial charge in [-0.05, 0) is 54.8 Å². The van der Waals surface area contributed by atoms with E-state index in [0.717, 1.165) is 60.3 Å². The predicted octanol–water partition coefficient (Wildman–Crippen LogP) is 5.71. The molecule has 0 bridgehead atoms. The molecule has 1 unspecified atom stereocenters. The van der Waals surface area contributed by atoms with Gasteiger partial charge >= 0.3 is 6.09 Å². The second-order valence-corrected chi connectivity index (χ2v) is 9.38. The van der Waals surface area contributed by atoms with E-state index in [2.05, 4.69) is 9.88 Å². The van der Waals surface area contributed by atoms with Gasteiger partial charge in [-0.25, -0.2) is 4.79 Å². The summed E-state index contributed by atoms with van der Waals surface area (Å²) in [6, 6.07) is 13.6. The highest BCUT2D eigenvalue weighted by Gasteiger charge is 2.38. The van der Waals surface area contributed by atoms with Gasteiger partial charge in [0.1, 0.15) is 11.9 Å². The number of pyridine rings is 1. The van der Waals surface area contributed by atoms with Gasteiger partial charge in [0.15, 0.2) is 0 Å². The maximum absolute atomic E-state index is 12.8. The van der Waals surface area contributed by atoms with Crippen molar-refractivity contribution < 1.29 is 14.3 Å². The largest absolute Gasteiger partial charge is 0.497 e. The number of carbonyl (C=O) groups is 1. The van der Waals surface area contributed by atoms with E-state index in [1.54, 1.807) is 13.3 Å². The van der Waals surface area contributed by atoms with Crippen LogP contribution in [-0.4, -0.2) is 53.7 Å². The van der Waals surface area contributed by atoms with Crippen molar-refractivity contribution in [3.05, 3.63) is 69.8 Å². The molecule has 3 aromatic rings. The van der Waals surface area contributed by atoms with E-state index in [1.807, 2.05) is 47.4 Å². The van der Waals surface area contributed by atoms with Gasteiger partial charge in [0.2, 0.25) is 0 Å². The molecule has 2 aromatic carbocycles. The number of piperidine rings is 1. The number of carbonyl (C=O) groups excluding carboxylic acids is 1. The maximum Gasteiger partial charge on any atom is 0.410 e. The van der Waals surface area contributed by atoms with E-state index in [4.69, 9.17) is 32.7 Å². The lowest BCUT2D eigenvalue weighted by Crippen LogP contribution is -2.45. The Morgan fingerprint density at radius 2 is 1.91 bits per heavy atom. The SMILES string of the molecule is COc1ccc2nccc(C3CN(C4CCN(Cc5ccc(Cl)c(Cl)c5)CC4)C(=O)O3)c2c1. The molecule has 6 nitrogen and oxygen atoms in total. The van der Waals surface area contributed by atoms with Gasteiger partial charge in [0.05, 0.1) is 29.2 Å². The van der Waals surface area contributed by atoms with Gasteiger partial charge in [-0.3, -0.25) is 9.88 Å². The molecular formula is C25H25Cl2N3O3. The number of likely N-dealkylation sites (tertiary alicyclic amines) is 1. The molecule has 3 heterocycles. The average Bonchev–Trinajstić information content (AvgIpc) is 3.22. The number of fused-ring (bicyclic) bond motifs is 1. The number of hydrogen-bond donors (Lipinski definition) is 0. The highest BCUT2D eigenvalue weighted by atomic mass is 35.5. The molecule has 2 fully saturated rings. The van der Waals surface area contributed by atoms with Crippen molar-refractivity contribution in [3.8, 4) is 5.75 Å². The number of methoxy groups -OCH3 is 1. The van der Waals surface area contributed by atoms with E-state index < -0.39 is 0 Å². The van der Waals surface area contributed by atoms with Crippen molar-refractivity contribution >= 4 is 40.2 Å². The third-order valence-electron chi connectivity index (χ3n) is 6.56. The number of ether oxygens (including phenoxy) is 2. The Morgan fingerprint density at radius 1 is 1.09 bits per heavy atom. The average molecular weight is 486 g/mol. The number of amides is 1. The fourth-order valence-electron chi connectivity index (χ4n) is 4.78. The lowest BCUT2D eigenvalue weighted by molar-refractivity contribution is 0.110. The minimum Gasteiger partial charge on any atom is -0.497 e. The smallest absolute Gasteiger partial charge is 0.410 e. The van der Waals surface area contributed by atoms with Crippen LogP contribution in [0, 0.1) is 0 Å². The van der Waals surface area contributed by atoms with Crippen molar-refractivity contribution in [1.82, 2.24) is 14.8 Å². The molecule has 2 aliphatic rings. The minimum absolute atomic E-state index is 0.176. The molecule has 0 radical (unpaired) electrons. The van der Waals surface area contributed by atoms with Crippen LogP contribution in [0.25, 0.3) is 10.9 Å². The monoisotopic (exact) mass is 485 g/mol. The topological polar surface area (TPSA) is 54.9 Å².